The van der Waals surface area contributed by atoms with Crippen LogP contribution in [0.5, 0.6) is 11.5 Å². The van der Waals surface area contributed by atoms with Gasteiger partial charge in [-0.3, -0.25) is 0 Å². The van der Waals surface area contributed by atoms with Crippen LogP contribution in [0.25, 0.3) is 0 Å². The van der Waals surface area contributed by atoms with E-state index in [2.05, 4.69) is 0 Å². The zero-order chi connectivity index (χ0) is 16.7. The van der Waals surface area contributed by atoms with Gasteiger partial charge in [0.05, 0.1) is 13.2 Å². The first kappa shape index (κ1) is 17.7. The number of rotatable bonds is 7. The van der Waals surface area contributed by atoms with Crippen LogP contribution in [0, 0.1) is 23.5 Å². The average molecular weight is 328 g/mol. The average Bonchev–Trinajstić information content (AvgIpc) is 2.57. The molecule has 1 saturated carbocycles. The number of halogens is 3. The maximum atomic E-state index is 13.9. The molecule has 2 nitrogen and oxygen atoms in total. The molecule has 2 rings (SSSR count). The first-order valence-corrected chi connectivity index (χ1v) is 8.11. The van der Waals surface area contributed by atoms with Crippen LogP contribution in [0.3, 0.4) is 0 Å². The monoisotopic (exact) mass is 328 g/mol. The fourth-order valence-electron chi connectivity index (χ4n) is 2.89. The molecule has 0 aromatic heterocycles. The van der Waals surface area contributed by atoms with Crippen molar-refractivity contribution < 1.29 is 22.6 Å². The van der Waals surface area contributed by atoms with Gasteiger partial charge in [-0.1, -0.05) is 12.2 Å². The Morgan fingerprint density at radius 1 is 1.04 bits per heavy atom. The second-order valence-electron chi connectivity index (χ2n) is 5.80. The fraction of sp³-hybridized carbons (Fsp3) is 0.556. The van der Waals surface area contributed by atoms with Gasteiger partial charge in [0.1, 0.15) is 6.67 Å². The summed E-state index contributed by atoms with van der Waals surface area (Å²) in [5, 5.41) is 0. The molecular formula is C18H23F3O2. The summed E-state index contributed by atoms with van der Waals surface area (Å²) in [6.45, 7) is 1.92. The predicted molar refractivity (Wildman–Crippen MR) is 83.6 cm³/mol. The second kappa shape index (κ2) is 8.85. The minimum Gasteiger partial charge on any atom is -0.491 e. The Hall–Kier alpha value is -1.65. The minimum absolute atomic E-state index is 0.0783. The highest BCUT2D eigenvalue weighted by Gasteiger charge is 2.21. The van der Waals surface area contributed by atoms with Gasteiger partial charge in [0, 0.05) is 0 Å². The molecule has 0 atom stereocenters. The number of hydrogen-bond donors (Lipinski definition) is 0. The first-order valence-electron chi connectivity index (χ1n) is 8.11. The normalized spacial score (nSPS) is 21.6. The molecule has 0 spiro atoms. The molecule has 0 aliphatic heterocycles. The van der Waals surface area contributed by atoms with Gasteiger partial charge in [0.15, 0.2) is 11.5 Å². The Balaban J connectivity index is 1.85. The summed E-state index contributed by atoms with van der Waals surface area (Å²) in [7, 11) is 0. The van der Waals surface area contributed by atoms with Gasteiger partial charge in [-0.15, -0.1) is 0 Å². The number of hydrogen-bond acceptors (Lipinski definition) is 2. The van der Waals surface area contributed by atoms with Gasteiger partial charge in [-0.05, 0) is 56.6 Å². The predicted octanol–water partition coefficient (Wildman–Crippen LogP) is 5.07. The summed E-state index contributed by atoms with van der Waals surface area (Å²) in [5.41, 5.74) is 0. The zero-order valence-electron chi connectivity index (χ0n) is 13.4. The van der Waals surface area contributed by atoms with E-state index < -0.39 is 18.3 Å². The van der Waals surface area contributed by atoms with Crippen LogP contribution in [-0.2, 0) is 0 Å². The maximum Gasteiger partial charge on any atom is 0.204 e. The van der Waals surface area contributed by atoms with Crippen LogP contribution in [0.15, 0.2) is 24.3 Å². The van der Waals surface area contributed by atoms with Crippen molar-refractivity contribution in [2.24, 2.45) is 11.8 Å². The van der Waals surface area contributed by atoms with E-state index in [0.29, 0.717) is 18.4 Å². The molecule has 1 aliphatic carbocycles. The summed E-state index contributed by atoms with van der Waals surface area (Å²) < 4.78 is 50.2. The molecule has 0 heterocycles. The molecule has 0 unspecified atom stereocenters. The van der Waals surface area contributed by atoms with E-state index in [1.807, 2.05) is 6.08 Å². The van der Waals surface area contributed by atoms with Crippen molar-refractivity contribution in [2.45, 2.75) is 32.6 Å². The third kappa shape index (κ3) is 4.91. The first-order chi connectivity index (χ1) is 11.2. The molecule has 128 valence electrons. The van der Waals surface area contributed by atoms with Gasteiger partial charge in [0.25, 0.3) is 0 Å². The quantitative estimate of drug-likeness (QED) is 0.650. The molecule has 0 saturated heterocycles. The van der Waals surface area contributed by atoms with E-state index >= 15 is 0 Å². The molecule has 0 amide bonds. The van der Waals surface area contributed by atoms with Crippen molar-refractivity contribution in [2.75, 3.05) is 19.9 Å². The topological polar surface area (TPSA) is 18.5 Å². The molecule has 1 aliphatic rings. The summed E-state index contributed by atoms with van der Waals surface area (Å²) in [6.07, 6.45) is 7.33. The summed E-state index contributed by atoms with van der Waals surface area (Å²) >= 11 is 0. The third-order valence-electron chi connectivity index (χ3n) is 4.17. The largest absolute Gasteiger partial charge is 0.491 e. The lowest BCUT2D eigenvalue weighted by Crippen LogP contribution is -2.19. The van der Waals surface area contributed by atoms with E-state index in [9.17, 15) is 13.2 Å². The number of alkyl halides is 1. The van der Waals surface area contributed by atoms with Crippen molar-refractivity contribution in [3.05, 3.63) is 35.9 Å². The fourth-order valence-corrected chi connectivity index (χ4v) is 2.89. The molecule has 0 bridgehead atoms. The van der Waals surface area contributed by atoms with Crippen molar-refractivity contribution >= 4 is 0 Å². The standard InChI is InChI=1S/C18H23F3O2/c1-2-22-15-9-10-16(18(21)17(15)20)23-12-14-7-5-13(6-8-14)4-3-11-19/h3-4,9-10,13-14H,2,5-8,11-12H2,1H3. The second-order valence-corrected chi connectivity index (χ2v) is 5.80. The Morgan fingerprint density at radius 2 is 1.65 bits per heavy atom. The molecule has 5 heteroatoms. The summed E-state index contributed by atoms with van der Waals surface area (Å²) in [6, 6.07) is 2.79. The van der Waals surface area contributed by atoms with Gasteiger partial charge in [-0.2, -0.15) is 8.78 Å². The highest BCUT2D eigenvalue weighted by atomic mass is 19.2. The zero-order valence-corrected chi connectivity index (χ0v) is 13.4. The lowest BCUT2D eigenvalue weighted by atomic mass is 9.82. The van der Waals surface area contributed by atoms with Crippen LogP contribution >= 0.6 is 0 Å². The minimum atomic E-state index is -1.01. The highest BCUT2D eigenvalue weighted by Crippen LogP contribution is 2.32. The van der Waals surface area contributed by atoms with E-state index in [-0.39, 0.29) is 18.1 Å². The summed E-state index contributed by atoms with van der Waals surface area (Å²) in [4.78, 5) is 0. The highest BCUT2D eigenvalue weighted by molar-refractivity contribution is 5.35. The van der Waals surface area contributed by atoms with Crippen LogP contribution in [0.2, 0.25) is 0 Å². The van der Waals surface area contributed by atoms with Gasteiger partial charge >= 0.3 is 0 Å². The van der Waals surface area contributed by atoms with Crippen molar-refractivity contribution in [1.29, 1.82) is 0 Å². The SMILES string of the molecule is CCOc1ccc(OCC2CCC(C=CCF)CC2)c(F)c1F. The molecule has 23 heavy (non-hydrogen) atoms. The van der Waals surface area contributed by atoms with Gasteiger partial charge in [0.2, 0.25) is 11.6 Å². The van der Waals surface area contributed by atoms with Gasteiger partial charge < -0.3 is 9.47 Å². The van der Waals surface area contributed by atoms with Crippen LogP contribution in [0.1, 0.15) is 32.6 Å². The lowest BCUT2D eigenvalue weighted by Gasteiger charge is -2.26. The smallest absolute Gasteiger partial charge is 0.204 e. The number of ether oxygens (including phenoxy) is 2. The van der Waals surface area contributed by atoms with Crippen LogP contribution < -0.4 is 9.47 Å². The molecule has 0 radical (unpaired) electrons. The van der Waals surface area contributed by atoms with E-state index in [0.717, 1.165) is 25.7 Å². The molecular weight excluding hydrogens is 305 g/mol. The van der Waals surface area contributed by atoms with Crippen molar-refractivity contribution in [3.63, 3.8) is 0 Å². The Morgan fingerprint density at radius 3 is 2.22 bits per heavy atom. The van der Waals surface area contributed by atoms with Gasteiger partial charge in [-0.25, -0.2) is 4.39 Å². The molecule has 0 N–H and O–H groups in total. The van der Waals surface area contributed by atoms with E-state index in [1.165, 1.54) is 12.1 Å². The molecule has 1 aromatic carbocycles. The van der Waals surface area contributed by atoms with E-state index in [4.69, 9.17) is 9.47 Å². The van der Waals surface area contributed by atoms with Crippen LogP contribution in [-0.4, -0.2) is 19.9 Å². The molecule has 1 fully saturated rings. The van der Waals surface area contributed by atoms with Crippen LogP contribution in [0.4, 0.5) is 13.2 Å². The lowest BCUT2D eigenvalue weighted by molar-refractivity contribution is 0.187. The Labute approximate surface area is 135 Å². The third-order valence-corrected chi connectivity index (χ3v) is 4.17. The Bertz CT molecular complexity index is 523. The number of benzene rings is 1. The molecule has 1 aromatic rings. The van der Waals surface area contributed by atoms with E-state index in [1.54, 1.807) is 13.0 Å². The maximum absolute atomic E-state index is 13.9. The summed E-state index contributed by atoms with van der Waals surface area (Å²) in [5.74, 6) is -1.46. The van der Waals surface area contributed by atoms with Crippen molar-refractivity contribution in [1.82, 2.24) is 0 Å². The van der Waals surface area contributed by atoms with Crippen molar-refractivity contribution in [3.8, 4) is 11.5 Å². The Kier molecular flexibility index (Phi) is 6.81. The number of allylic oxidation sites excluding steroid dienone is 2.